The Bertz CT molecular complexity index is 210. The quantitative estimate of drug-likeness (QED) is 0.632. The van der Waals surface area contributed by atoms with E-state index in [0.717, 1.165) is 6.42 Å². The summed E-state index contributed by atoms with van der Waals surface area (Å²) in [6.07, 6.45) is 1.06. The molecule has 1 rings (SSSR count). The SMILES string of the molecule is CCOC1CC(NCC(=O)OC)C1OC. The normalized spacial score (nSPS) is 29.7. The van der Waals surface area contributed by atoms with Gasteiger partial charge in [-0.1, -0.05) is 0 Å². The van der Waals surface area contributed by atoms with Crippen molar-refractivity contribution in [3.63, 3.8) is 0 Å². The van der Waals surface area contributed by atoms with Gasteiger partial charge >= 0.3 is 5.97 Å². The molecule has 1 aliphatic carbocycles. The molecule has 0 aliphatic heterocycles. The number of hydrogen-bond donors (Lipinski definition) is 1. The zero-order valence-corrected chi connectivity index (χ0v) is 9.49. The lowest BCUT2D eigenvalue weighted by molar-refractivity contribution is -0.145. The van der Waals surface area contributed by atoms with Crippen LogP contribution in [0, 0.1) is 0 Å². The van der Waals surface area contributed by atoms with Crippen molar-refractivity contribution in [2.24, 2.45) is 0 Å². The molecule has 15 heavy (non-hydrogen) atoms. The van der Waals surface area contributed by atoms with Gasteiger partial charge in [0, 0.05) is 19.8 Å². The molecule has 1 fully saturated rings. The van der Waals surface area contributed by atoms with E-state index in [4.69, 9.17) is 9.47 Å². The van der Waals surface area contributed by atoms with Crippen molar-refractivity contribution in [1.82, 2.24) is 5.32 Å². The molecule has 1 N–H and O–H groups in total. The number of esters is 1. The summed E-state index contributed by atoms with van der Waals surface area (Å²) < 4.78 is 15.3. The molecule has 5 heteroatoms. The summed E-state index contributed by atoms with van der Waals surface area (Å²) in [6.45, 7) is 2.87. The highest BCUT2D eigenvalue weighted by Crippen LogP contribution is 2.26. The first-order valence-electron chi connectivity index (χ1n) is 5.17. The highest BCUT2D eigenvalue weighted by Gasteiger charge is 2.41. The third-order valence-electron chi connectivity index (χ3n) is 2.64. The van der Waals surface area contributed by atoms with Crippen LogP contribution in [-0.2, 0) is 19.0 Å². The Balaban J connectivity index is 2.24. The van der Waals surface area contributed by atoms with Crippen LogP contribution in [0.3, 0.4) is 0 Å². The maximum Gasteiger partial charge on any atom is 0.319 e. The Kier molecular flexibility index (Phi) is 5.01. The molecule has 3 atom stereocenters. The van der Waals surface area contributed by atoms with E-state index in [9.17, 15) is 4.79 Å². The zero-order valence-electron chi connectivity index (χ0n) is 9.49. The zero-order chi connectivity index (χ0) is 11.3. The predicted molar refractivity (Wildman–Crippen MR) is 54.6 cm³/mol. The molecule has 88 valence electrons. The lowest BCUT2D eigenvalue weighted by Crippen LogP contribution is -2.60. The summed E-state index contributed by atoms with van der Waals surface area (Å²) in [5.74, 6) is -0.260. The molecule has 0 saturated heterocycles. The Hall–Kier alpha value is -0.650. The van der Waals surface area contributed by atoms with Crippen molar-refractivity contribution in [3.8, 4) is 0 Å². The number of nitrogens with one attached hydrogen (secondary N) is 1. The van der Waals surface area contributed by atoms with Crippen LogP contribution >= 0.6 is 0 Å². The molecule has 0 aromatic rings. The second kappa shape index (κ2) is 6.05. The molecular formula is C10H19NO4. The van der Waals surface area contributed by atoms with Crippen LogP contribution < -0.4 is 5.32 Å². The molecule has 1 aliphatic rings. The third kappa shape index (κ3) is 3.15. The van der Waals surface area contributed by atoms with Crippen LogP contribution in [0.1, 0.15) is 13.3 Å². The van der Waals surface area contributed by atoms with Gasteiger partial charge in [-0.15, -0.1) is 0 Å². The van der Waals surface area contributed by atoms with Gasteiger partial charge in [-0.05, 0) is 13.3 Å². The van der Waals surface area contributed by atoms with Gasteiger partial charge in [-0.25, -0.2) is 0 Å². The van der Waals surface area contributed by atoms with E-state index in [1.54, 1.807) is 7.11 Å². The van der Waals surface area contributed by atoms with Crippen molar-refractivity contribution in [1.29, 1.82) is 0 Å². The number of hydrogen-bond acceptors (Lipinski definition) is 5. The molecule has 0 spiro atoms. The van der Waals surface area contributed by atoms with E-state index in [0.29, 0.717) is 6.61 Å². The van der Waals surface area contributed by atoms with E-state index < -0.39 is 0 Å². The fourth-order valence-electron chi connectivity index (χ4n) is 1.76. The summed E-state index contributed by atoms with van der Waals surface area (Å²) in [6, 6.07) is 0.186. The maximum absolute atomic E-state index is 10.9. The molecule has 5 nitrogen and oxygen atoms in total. The first kappa shape index (κ1) is 12.4. The third-order valence-corrected chi connectivity index (χ3v) is 2.64. The Morgan fingerprint density at radius 1 is 1.47 bits per heavy atom. The Morgan fingerprint density at radius 3 is 2.73 bits per heavy atom. The van der Waals surface area contributed by atoms with Crippen LogP contribution in [0.15, 0.2) is 0 Å². The van der Waals surface area contributed by atoms with Crippen LogP contribution in [-0.4, -0.2) is 51.6 Å². The smallest absolute Gasteiger partial charge is 0.319 e. The Morgan fingerprint density at radius 2 is 2.20 bits per heavy atom. The highest BCUT2D eigenvalue weighted by atomic mass is 16.5. The minimum atomic E-state index is -0.260. The monoisotopic (exact) mass is 217 g/mol. The topological polar surface area (TPSA) is 56.8 Å². The van der Waals surface area contributed by atoms with Crippen molar-refractivity contribution in [2.75, 3.05) is 27.4 Å². The van der Waals surface area contributed by atoms with Crippen LogP contribution in [0.2, 0.25) is 0 Å². The van der Waals surface area contributed by atoms with Crippen LogP contribution in [0.25, 0.3) is 0 Å². The Labute approximate surface area is 90.1 Å². The van der Waals surface area contributed by atoms with Gasteiger partial charge in [0.25, 0.3) is 0 Å². The molecule has 0 aromatic carbocycles. The number of rotatable bonds is 6. The van der Waals surface area contributed by atoms with Gasteiger partial charge in [0.1, 0.15) is 0 Å². The fraction of sp³-hybridized carbons (Fsp3) is 0.900. The van der Waals surface area contributed by atoms with Crippen molar-refractivity contribution in [2.45, 2.75) is 31.6 Å². The van der Waals surface area contributed by atoms with Gasteiger partial charge in [-0.2, -0.15) is 0 Å². The number of carbonyl (C=O) groups is 1. The molecule has 0 aromatic heterocycles. The average molecular weight is 217 g/mol. The molecule has 0 radical (unpaired) electrons. The van der Waals surface area contributed by atoms with Crippen LogP contribution in [0.5, 0.6) is 0 Å². The van der Waals surface area contributed by atoms with E-state index in [-0.39, 0.29) is 30.8 Å². The fourth-order valence-corrected chi connectivity index (χ4v) is 1.76. The first-order chi connectivity index (χ1) is 7.22. The largest absolute Gasteiger partial charge is 0.468 e. The van der Waals surface area contributed by atoms with Gasteiger partial charge in [0.2, 0.25) is 0 Å². The maximum atomic E-state index is 10.9. The average Bonchev–Trinajstić information content (AvgIpc) is 2.22. The summed E-state index contributed by atoms with van der Waals surface area (Å²) >= 11 is 0. The molecule has 0 heterocycles. The predicted octanol–water partition coefficient (Wildman–Crippen LogP) is -0.0586. The van der Waals surface area contributed by atoms with Gasteiger partial charge < -0.3 is 19.5 Å². The van der Waals surface area contributed by atoms with Crippen molar-refractivity contribution >= 4 is 5.97 Å². The van der Waals surface area contributed by atoms with Gasteiger partial charge in [-0.3, -0.25) is 4.79 Å². The highest BCUT2D eigenvalue weighted by molar-refractivity contribution is 5.71. The second-order valence-electron chi connectivity index (χ2n) is 3.49. The molecular weight excluding hydrogens is 198 g/mol. The standard InChI is InChI=1S/C10H19NO4/c1-4-15-8-5-7(10(8)14-3)11-6-9(12)13-2/h7-8,10-11H,4-6H2,1-3H3. The van der Waals surface area contributed by atoms with Crippen molar-refractivity contribution in [3.05, 3.63) is 0 Å². The van der Waals surface area contributed by atoms with E-state index in [2.05, 4.69) is 10.1 Å². The molecule has 3 unspecified atom stereocenters. The van der Waals surface area contributed by atoms with Gasteiger partial charge in [0.15, 0.2) is 0 Å². The lowest BCUT2D eigenvalue weighted by atomic mass is 9.85. The summed E-state index contributed by atoms with van der Waals surface area (Å²) in [4.78, 5) is 10.9. The molecule has 0 bridgehead atoms. The van der Waals surface area contributed by atoms with E-state index in [1.807, 2.05) is 6.92 Å². The number of methoxy groups -OCH3 is 2. The molecule has 0 amide bonds. The first-order valence-corrected chi connectivity index (χ1v) is 5.17. The van der Waals surface area contributed by atoms with Gasteiger partial charge in [0.05, 0.1) is 25.9 Å². The second-order valence-corrected chi connectivity index (χ2v) is 3.49. The number of carbonyl (C=O) groups excluding carboxylic acids is 1. The minimum absolute atomic E-state index is 0.0367. The summed E-state index contributed by atoms with van der Waals surface area (Å²) in [7, 11) is 3.03. The van der Waals surface area contributed by atoms with E-state index in [1.165, 1.54) is 7.11 Å². The summed E-state index contributed by atoms with van der Waals surface area (Å²) in [5, 5.41) is 3.08. The van der Waals surface area contributed by atoms with Crippen LogP contribution in [0.4, 0.5) is 0 Å². The number of ether oxygens (including phenoxy) is 3. The summed E-state index contributed by atoms with van der Waals surface area (Å²) in [5.41, 5.74) is 0. The lowest BCUT2D eigenvalue weighted by Gasteiger charge is -2.43. The minimum Gasteiger partial charge on any atom is -0.468 e. The van der Waals surface area contributed by atoms with E-state index >= 15 is 0 Å². The molecule has 1 saturated carbocycles. The van der Waals surface area contributed by atoms with Crippen molar-refractivity contribution < 1.29 is 19.0 Å².